The van der Waals surface area contributed by atoms with Gasteiger partial charge in [-0.25, -0.2) is 4.79 Å². The van der Waals surface area contributed by atoms with E-state index in [0.717, 1.165) is 18.5 Å². The number of carbonyl (C=O) groups is 1. The highest BCUT2D eigenvalue weighted by Gasteiger charge is 2.23. The minimum Gasteiger partial charge on any atom is -0.466 e. The number of halogens is 2. The summed E-state index contributed by atoms with van der Waals surface area (Å²) in [7, 11) is 1.37. The summed E-state index contributed by atoms with van der Waals surface area (Å²) < 4.78 is 4.67. The van der Waals surface area contributed by atoms with E-state index in [-0.39, 0.29) is 17.9 Å². The first-order chi connectivity index (χ1) is 10.1. The van der Waals surface area contributed by atoms with Crippen molar-refractivity contribution in [2.75, 3.05) is 13.7 Å². The number of piperidine rings is 1. The van der Waals surface area contributed by atoms with E-state index in [4.69, 9.17) is 23.2 Å². The second-order valence-electron chi connectivity index (χ2n) is 5.14. The molecule has 1 fully saturated rings. The molecule has 0 aromatic heterocycles. The minimum absolute atomic E-state index is 0.0687. The maximum Gasteiger partial charge on any atom is 0.330 e. The van der Waals surface area contributed by atoms with Crippen LogP contribution in [0.5, 0.6) is 0 Å². The summed E-state index contributed by atoms with van der Waals surface area (Å²) in [6, 6.07) is 5.90. The molecule has 1 saturated heterocycles. The Morgan fingerprint density at radius 3 is 2.81 bits per heavy atom. The molecule has 1 aromatic rings. The van der Waals surface area contributed by atoms with Crippen LogP contribution in [0.25, 0.3) is 0 Å². The van der Waals surface area contributed by atoms with Gasteiger partial charge in [0.15, 0.2) is 0 Å². The van der Waals surface area contributed by atoms with Crippen LogP contribution in [0.2, 0.25) is 10.0 Å². The molecule has 1 N–H and O–H groups in total. The molecule has 0 bridgehead atoms. The Kier molecular flexibility index (Phi) is 6.09. The number of hydrogen-bond donors (Lipinski definition) is 1. The van der Waals surface area contributed by atoms with E-state index >= 15 is 0 Å². The molecule has 0 radical (unpaired) electrons. The SMILES string of the molecule is COC(=O)/C=C/[C@@H](c1ccc(Cl)c(Cl)c1)[C@H]1CCCCN1. The number of nitrogens with one attached hydrogen (secondary N) is 1. The summed E-state index contributed by atoms with van der Waals surface area (Å²) in [5.41, 5.74) is 1.05. The highest BCUT2D eigenvalue weighted by atomic mass is 35.5. The van der Waals surface area contributed by atoms with Gasteiger partial charge in [0.25, 0.3) is 0 Å². The van der Waals surface area contributed by atoms with Gasteiger partial charge in [-0.2, -0.15) is 0 Å². The number of benzene rings is 1. The van der Waals surface area contributed by atoms with E-state index in [1.165, 1.54) is 26.0 Å². The highest BCUT2D eigenvalue weighted by Crippen LogP contribution is 2.31. The summed E-state index contributed by atoms with van der Waals surface area (Å²) in [6.45, 7) is 0.995. The Hall–Kier alpha value is -1.03. The average Bonchev–Trinajstić information content (AvgIpc) is 2.51. The van der Waals surface area contributed by atoms with Crippen molar-refractivity contribution in [3.05, 3.63) is 46.0 Å². The standard InChI is InChI=1S/C16H19Cl2NO2/c1-21-16(20)8-6-12(15-4-2-3-9-19-15)11-5-7-13(17)14(18)10-11/h5-8,10,12,15,19H,2-4,9H2,1H3/b8-6+/t12-,15+/m0/s1. The summed E-state index contributed by atoms with van der Waals surface area (Å²) in [4.78, 5) is 11.4. The van der Waals surface area contributed by atoms with Gasteiger partial charge >= 0.3 is 5.97 Å². The van der Waals surface area contributed by atoms with Crippen LogP contribution in [-0.4, -0.2) is 25.7 Å². The van der Waals surface area contributed by atoms with Gasteiger partial charge in [0.05, 0.1) is 17.2 Å². The zero-order chi connectivity index (χ0) is 15.2. The second-order valence-corrected chi connectivity index (χ2v) is 5.95. The Balaban J connectivity index is 2.27. The van der Waals surface area contributed by atoms with Crippen molar-refractivity contribution in [3.63, 3.8) is 0 Å². The van der Waals surface area contributed by atoms with Crippen molar-refractivity contribution in [2.24, 2.45) is 0 Å². The van der Waals surface area contributed by atoms with Gasteiger partial charge in [-0.3, -0.25) is 0 Å². The van der Waals surface area contributed by atoms with Crippen molar-refractivity contribution < 1.29 is 9.53 Å². The smallest absolute Gasteiger partial charge is 0.330 e. The second kappa shape index (κ2) is 7.83. The molecule has 2 atom stereocenters. The minimum atomic E-state index is -0.351. The topological polar surface area (TPSA) is 38.3 Å². The van der Waals surface area contributed by atoms with Crippen LogP contribution in [0.3, 0.4) is 0 Å². The van der Waals surface area contributed by atoms with Gasteiger partial charge < -0.3 is 10.1 Å². The number of rotatable bonds is 4. The van der Waals surface area contributed by atoms with Crippen LogP contribution >= 0.6 is 23.2 Å². The fourth-order valence-corrected chi connectivity index (χ4v) is 2.94. The van der Waals surface area contributed by atoms with Gasteiger partial charge in [-0.1, -0.05) is 41.8 Å². The molecule has 5 heteroatoms. The van der Waals surface area contributed by atoms with Crippen molar-refractivity contribution in [2.45, 2.75) is 31.2 Å². The molecule has 0 aliphatic carbocycles. The Morgan fingerprint density at radius 2 is 2.19 bits per heavy atom. The lowest BCUT2D eigenvalue weighted by molar-refractivity contribution is -0.134. The fourth-order valence-electron chi connectivity index (χ4n) is 2.63. The first-order valence-electron chi connectivity index (χ1n) is 7.06. The molecular formula is C16H19Cl2NO2. The van der Waals surface area contributed by atoms with E-state index < -0.39 is 0 Å². The molecule has 1 aliphatic heterocycles. The van der Waals surface area contributed by atoms with E-state index in [9.17, 15) is 4.79 Å². The van der Waals surface area contributed by atoms with Crippen molar-refractivity contribution in [3.8, 4) is 0 Å². The predicted octanol–water partition coefficient (Wildman–Crippen LogP) is 3.95. The third-order valence-corrected chi connectivity index (χ3v) is 4.49. The molecule has 0 unspecified atom stereocenters. The maximum atomic E-state index is 11.4. The quantitative estimate of drug-likeness (QED) is 0.672. The third kappa shape index (κ3) is 4.47. The van der Waals surface area contributed by atoms with Gasteiger partial charge in [-0.05, 0) is 37.1 Å². The average molecular weight is 328 g/mol. The summed E-state index contributed by atoms with van der Waals surface area (Å²) >= 11 is 12.1. The van der Waals surface area contributed by atoms with E-state index in [1.54, 1.807) is 6.07 Å². The number of hydrogen-bond acceptors (Lipinski definition) is 3. The lowest BCUT2D eigenvalue weighted by Crippen LogP contribution is -2.38. The van der Waals surface area contributed by atoms with Crippen LogP contribution in [0.4, 0.5) is 0 Å². The molecule has 0 amide bonds. The monoisotopic (exact) mass is 327 g/mol. The zero-order valence-electron chi connectivity index (χ0n) is 11.9. The summed E-state index contributed by atoms with van der Waals surface area (Å²) in [5.74, 6) is -0.282. The largest absolute Gasteiger partial charge is 0.466 e. The summed E-state index contributed by atoms with van der Waals surface area (Å²) in [5, 5.41) is 4.58. The fraction of sp³-hybridized carbons (Fsp3) is 0.438. The molecule has 0 spiro atoms. The first kappa shape index (κ1) is 16.3. The maximum absolute atomic E-state index is 11.4. The van der Waals surface area contributed by atoms with Crippen LogP contribution in [0, 0.1) is 0 Å². The molecule has 1 heterocycles. The third-order valence-electron chi connectivity index (χ3n) is 3.75. The van der Waals surface area contributed by atoms with Gasteiger partial charge in [-0.15, -0.1) is 0 Å². The molecule has 0 saturated carbocycles. The molecular weight excluding hydrogens is 309 g/mol. The molecule has 1 aromatic carbocycles. The lowest BCUT2D eigenvalue weighted by atomic mass is 9.86. The molecule has 3 nitrogen and oxygen atoms in total. The van der Waals surface area contributed by atoms with Crippen LogP contribution in [-0.2, 0) is 9.53 Å². The van der Waals surface area contributed by atoms with Crippen molar-refractivity contribution >= 4 is 29.2 Å². The van der Waals surface area contributed by atoms with E-state index in [1.807, 2.05) is 18.2 Å². The van der Waals surface area contributed by atoms with Crippen molar-refractivity contribution in [1.29, 1.82) is 0 Å². The Bertz CT molecular complexity index is 525. The predicted molar refractivity (Wildman–Crippen MR) is 86.0 cm³/mol. The molecule has 1 aliphatic rings. The normalized spacial score (nSPS) is 20.4. The van der Waals surface area contributed by atoms with Crippen LogP contribution in [0.1, 0.15) is 30.7 Å². The molecule has 114 valence electrons. The first-order valence-corrected chi connectivity index (χ1v) is 7.82. The van der Waals surface area contributed by atoms with Crippen LogP contribution < -0.4 is 5.32 Å². The van der Waals surface area contributed by atoms with Gasteiger partial charge in [0, 0.05) is 18.0 Å². The molecule has 21 heavy (non-hydrogen) atoms. The Labute approximate surface area is 135 Å². The Morgan fingerprint density at radius 1 is 1.38 bits per heavy atom. The number of esters is 1. The van der Waals surface area contributed by atoms with Gasteiger partial charge in [0.2, 0.25) is 0 Å². The zero-order valence-corrected chi connectivity index (χ0v) is 13.5. The van der Waals surface area contributed by atoms with E-state index in [2.05, 4.69) is 10.1 Å². The van der Waals surface area contributed by atoms with Crippen LogP contribution in [0.15, 0.2) is 30.4 Å². The number of ether oxygens (including phenoxy) is 1. The van der Waals surface area contributed by atoms with Gasteiger partial charge in [0.1, 0.15) is 0 Å². The summed E-state index contributed by atoms with van der Waals surface area (Å²) in [6.07, 6.45) is 6.79. The highest BCUT2D eigenvalue weighted by molar-refractivity contribution is 6.42. The van der Waals surface area contributed by atoms with E-state index in [0.29, 0.717) is 10.0 Å². The number of methoxy groups -OCH3 is 1. The lowest BCUT2D eigenvalue weighted by Gasteiger charge is -2.30. The number of carbonyl (C=O) groups excluding carboxylic acids is 1. The van der Waals surface area contributed by atoms with Crippen molar-refractivity contribution in [1.82, 2.24) is 5.32 Å². The molecule has 2 rings (SSSR count).